The Morgan fingerprint density at radius 2 is 1.41 bits per heavy atom. The minimum absolute atomic E-state index is 0.0579. The SMILES string of the molecule is O=C(/C=C/c1ccccc1OC(=O)c1cccc([N+](=O)[O-])c1)c1ccc(-c2ccccc2)cc1. The maximum atomic E-state index is 12.7. The van der Waals surface area contributed by atoms with Crippen LogP contribution in [0.1, 0.15) is 26.3 Å². The van der Waals surface area contributed by atoms with Crippen molar-refractivity contribution in [2.24, 2.45) is 0 Å². The van der Waals surface area contributed by atoms with Crippen molar-refractivity contribution >= 4 is 23.5 Å². The number of hydrogen-bond donors (Lipinski definition) is 0. The number of nitro benzene ring substituents is 1. The van der Waals surface area contributed by atoms with Crippen LogP contribution in [0.15, 0.2) is 109 Å². The van der Waals surface area contributed by atoms with Crippen LogP contribution in [0.25, 0.3) is 17.2 Å². The van der Waals surface area contributed by atoms with Crippen LogP contribution in [0.2, 0.25) is 0 Å². The molecule has 0 amide bonds. The molecule has 0 aliphatic heterocycles. The van der Waals surface area contributed by atoms with E-state index in [9.17, 15) is 19.7 Å². The van der Waals surface area contributed by atoms with E-state index in [0.717, 1.165) is 17.2 Å². The van der Waals surface area contributed by atoms with Gasteiger partial charge >= 0.3 is 5.97 Å². The molecule has 0 aliphatic carbocycles. The lowest BCUT2D eigenvalue weighted by atomic mass is 10.0. The van der Waals surface area contributed by atoms with E-state index in [1.54, 1.807) is 42.5 Å². The number of allylic oxidation sites excluding steroid dienone is 1. The van der Waals surface area contributed by atoms with Crippen molar-refractivity contribution in [1.29, 1.82) is 0 Å². The second kappa shape index (κ2) is 10.2. The first kappa shape index (κ1) is 22.4. The van der Waals surface area contributed by atoms with Gasteiger partial charge in [0.15, 0.2) is 5.78 Å². The van der Waals surface area contributed by atoms with E-state index in [1.165, 1.54) is 24.3 Å². The Bertz CT molecular complexity index is 1380. The molecule has 4 rings (SSSR count). The maximum Gasteiger partial charge on any atom is 0.343 e. The molecule has 0 unspecified atom stereocenters. The number of non-ortho nitro benzene ring substituents is 1. The van der Waals surface area contributed by atoms with Gasteiger partial charge in [-0.25, -0.2) is 4.79 Å². The largest absolute Gasteiger partial charge is 0.422 e. The highest BCUT2D eigenvalue weighted by Crippen LogP contribution is 2.23. The van der Waals surface area contributed by atoms with Gasteiger partial charge in [0.05, 0.1) is 10.5 Å². The second-order valence-electron chi connectivity index (χ2n) is 7.38. The number of hydrogen-bond acceptors (Lipinski definition) is 5. The quantitative estimate of drug-likeness (QED) is 0.0816. The van der Waals surface area contributed by atoms with Crippen molar-refractivity contribution in [2.45, 2.75) is 0 Å². The normalized spacial score (nSPS) is 10.7. The fraction of sp³-hybridized carbons (Fsp3) is 0. The predicted octanol–water partition coefficient (Wildman–Crippen LogP) is 6.38. The Labute approximate surface area is 195 Å². The molecule has 4 aromatic rings. The molecule has 0 saturated heterocycles. The summed E-state index contributed by atoms with van der Waals surface area (Å²) in [4.78, 5) is 35.6. The highest BCUT2D eigenvalue weighted by Gasteiger charge is 2.14. The molecule has 6 heteroatoms. The molecule has 0 N–H and O–H groups in total. The standard InChI is InChI=1S/C28H19NO5/c30-26(22-15-13-21(14-16-22)20-7-2-1-3-8-20)18-17-23-9-4-5-12-27(23)34-28(31)24-10-6-11-25(19-24)29(32)33/h1-19H/b18-17+. The van der Waals surface area contributed by atoms with Gasteiger partial charge in [0, 0.05) is 23.3 Å². The Balaban J connectivity index is 1.49. The number of nitro groups is 1. The van der Waals surface area contributed by atoms with Crippen LogP contribution in [0.4, 0.5) is 5.69 Å². The molecule has 166 valence electrons. The van der Waals surface area contributed by atoms with Gasteiger partial charge < -0.3 is 4.74 Å². The van der Waals surface area contributed by atoms with Crippen molar-refractivity contribution in [3.05, 3.63) is 136 Å². The summed E-state index contributed by atoms with van der Waals surface area (Å²) < 4.78 is 5.44. The van der Waals surface area contributed by atoms with Crippen LogP contribution >= 0.6 is 0 Å². The molecule has 0 bridgehead atoms. The summed E-state index contributed by atoms with van der Waals surface area (Å²) in [5, 5.41) is 11.0. The monoisotopic (exact) mass is 449 g/mol. The zero-order valence-corrected chi connectivity index (χ0v) is 18.0. The number of para-hydroxylation sites is 1. The molecular weight excluding hydrogens is 430 g/mol. The molecule has 4 aromatic carbocycles. The molecule has 0 aliphatic rings. The number of ketones is 1. The number of ether oxygens (including phenoxy) is 1. The third-order valence-electron chi connectivity index (χ3n) is 5.11. The van der Waals surface area contributed by atoms with Crippen molar-refractivity contribution < 1.29 is 19.2 Å². The van der Waals surface area contributed by atoms with Gasteiger partial charge in [0.25, 0.3) is 5.69 Å². The average Bonchev–Trinajstić information content (AvgIpc) is 2.88. The van der Waals surface area contributed by atoms with Crippen molar-refractivity contribution in [1.82, 2.24) is 0 Å². The Morgan fingerprint density at radius 3 is 2.15 bits per heavy atom. The number of benzene rings is 4. The average molecular weight is 449 g/mol. The third kappa shape index (κ3) is 5.31. The summed E-state index contributed by atoms with van der Waals surface area (Å²) in [6.07, 6.45) is 2.99. The summed E-state index contributed by atoms with van der Waals surface area (Å²) in [7, 11) is 0. The van der Waals surface area contributed by atoms with Crippen molar-refractivity contribution in [2.75, 3.05) is 0 Å². The Hall–Kier alpha value is -4.84. The maximum absolute atomic E-state index is 12.7. The second-order valence-corrected chi connectivity index (χ2v) is 7.38. The van der Waals surface area contributed by atoms with Gasteiger partial charge in [0.1, 0.15) is 5.75 Å². The Kier molecular flexibility index (Phi) is 6.70. The summed E-state index contributed by atoms with van der Waals surface area (Å²) in [5.41, 5.74) is 2.99. The van der Waals surface area contributed by atoms with Crippen molar-refractivity contribution in [3.63, 3.8) is 0 Å². The molecule has 0 radical (unpaired) electrons. The highest BCUT2D eigenvalue weighted by molar-refractivity contribution is 6.07. The molecule has 0 aromatic heterocycles. The van der Waals surface area contributed by atoms with Crippen LogP contribution in [-0.2, 0) is 0 Å². The van der Waals surface area contributed by atoms with Crippen LogP contribution in [0.5, 0.6) is 5.75 Å². The molecule has 6 nitrogen and oxygen atoms in total. The van der Waals surface area contributed by atoms with E-state index in [1.807, 2.05) is 42.5 Å². The lowest BCUT2D eigenvalue weighted by Gasteiger charge is -2.07. The minimum Gasteiger partial charge on any atom is -0.422 e. The summed E-state index contributed by atoms with van der Waals surface area (Å²) in [6.45, 7) is 0. The summed E-state index contributed by atoms with van der Waals surface area (Å²) >= 11 is 0. The lowest BCUT2D eigenvalue weighted by Crippen LogP contribution is -2.09. The van der Waals surface area contributed by atoms with E-state index < -0.39 is 10.9 Å². The molecule has 0 saturated carbocycles. The highest BCUT2D eigenvalue weighted by atomic mass is 16.6. The summed E-state index contributed by atoms with van der Waals surface area (Å²) in [5.74, 6) is -0.686. The first-order chi connectivity index (χ1) is 16.5. The van der Waals surface area contributed by atoms with Gasteiger partial charge in [-0.05, 0) is 35.4 Å². The van der Waals surface area contributed by atoms with E-state index in [-0.39, 0.29) is 22.8 Å². The van der Waals surface area contributed by atoms with Gasteiger partial charge in [-0.2, -0.15) is 0 Å². The number of rotatable bonds is 7. The van der Waals surface area contributed by atoms with Gasteiger partial charge in [-0.3, -0.25) is 14.9 Å². The fourth-order valence-corrected chi connectivity index (χ4v) is 3.34. The molecule has 0 heterocycles. The molecular formula is C28H19NO5. The molecule has 0 atom stereocenters. The van der Waals surface area contributed by atoms with E-state index in [2.05, 4.69) is 0 Å². The number of carbonyl (C=O) groups excluding carboxylic acids is 2. The first-order valence-corrected chi connectivity index (χ1v) is 10.4. The number of nitrogens with zero attached hydrogens (tertiary/aromatic N) is 1. The zero-order valence-electron chi connectivity index (χ0n) is 18.0. The molecule has 0 spiro atoms. The number of carbonyl (C=O) groups is 2. The van der Waals surface area contributed by atoms with Gasteiger partial charge in [-0.1, -0.05) is 78.9 Å². The minimum atomic E-state index is -0.729. The van der Waals surface area contributed by atoms with Crippen LogP contribution in [0.3, 0.4) is 0 Å². The Morgan fingerprint density at radius 1 is 0.735 bits per heavy atom. The van der Waals surface area contributed by atoms with E-state index >= 15 is 0 Å². The van der Waals surface area contributed by atoms with Crippen LogP contribution in [-0.4, -0.2) is 16.7 Å². The van der Waals surface area contributed by atoms with Gasteiger partial charge in [0.2, 0.25) is 0 Å². The lowest BCUT2D eigenvalue weighted by molar-refractivity contribution is -0.384. The smallest absolute Gasteiger partial charge is 0.343 e. The summed E-state index contributed by atoms with van der Waals surface area (Å²) in [6, 6.07) is 29.3. The topological polar surface area (TPSA) is 86.5 Å². The number of esters is 1. The predicted molar refractivity (Wildman–Crippen MR) is 130 cm³/mol. The van der Waals surface area contributed by atoms with Crippen LogP contribution < -0.4 is 4.74 Å². The van der Waals surface area contributed by atoms with Crippen LogP contribution in [0, 0.1) is 10.1 Å². The fourth-order valence-electron chi connectivity index (χ4n) is 3.34. The van der Waals surface area contributed by atoms with E-state index in [4.69, 9.17) is 4.74 Å². The third-order valence-corrected chi connectivity index (χ3v) is 5.11. The van der Waals surface area contributed by atoms with E-state index in [0.29, 0.717) is 11.1 Å². The first-order valence-electron chi connectivity index (χ1n) is 10.4. The van der Waals surface area contributed by atoms with Crippen molar-refractivity contribution in [3.8, 4) is 16.9 Å². The molecule has 34 heavy (non-hydrogen) atoms. The molecule has 0 fully saturated rings. The zero-order chi connectivity index (χ0) is 23.9. The van der Waals surface area contributed by atoms with Gasteiger partial charge in [-0.15, -0.1) is 0 Å².